The zero-order valence-electron chi connectivity index (χ0n) is 8.65. The van der Waals surface area contributed by atoms with Crippen molar-refractivity contribution < 1.29 is 4.74 Å². The summed E-state index contributed by atoms with van der Waals surface area (Å²) in [7, 11) is 0. The molecule has 0 aliphatic carbocycles. The minimum Gasteiger partial charge on any atom is -0.386 e. The van der Waals surface area contributed by atoms with Gasteiger partial charge < -0.3 is 15.8 Å². The molecule has 0 saturated carbocycles. The van der Waals surface area contributed by atoms with Crippen LogP contribution in [0.3, 0.4) is 0 Å². The van der Waals surface area contributed by atoms with Crippen LogP contribution in [0, 0.1) is 0 Å². The van der Waals surface area contributed by atoms with E-state index in [0.29, 0.717) is 19.3 Å². The summed E-state index contributed by atoms with van der Waals surface area (Å²) in [6.45, 7) is 1.37. The monoisotopic (exact) mass is 204 g/mol. The van der Waals surface area contributed by atoms with Crippen LogP contribution in [0.5, 0.6) is 0 Å². The van der Waals surface area contributed by atoms with Crippen LogP contribution in [0.15, 0.2) is 42.2 Å². The molecule has 3 N–H and O–H groups in total. The number of nitrogens with two attached hydrogens (primary N) is 1. The lowest BCUT2D eigenvalue weighted by Gasteiger charge is -2.12. The van der Waals surface area contributed by atoms with Gasteiger partial charge in [0.2, 0.25) is 0 Å². The summed E-state index contributed by atoms with van der Waals surface area (Å²) in [5.74, 6) is 0.767. The molecular weight excluding hydrogens is 188 g/mol. The predicted octanol–water partition coefficient (Wildman–Crippen LogP) is 1.37. The standard InChI is InChI=1S/C12H16N2O/c13-12-7-6-11(14-12)9-15-8-10-4-2-1-3-5-10/h1-5,7,11,14H,6,8-9,13H2. The van der Waals surface area contributed by atoms with Crippen LogP contribution in [0.2, 0.25) is 0 Å². The van der Waals surface area contributed by atoms with E-state index in [9.17, 15) is 0 Å². The molecular formula is C12H16N2O. The molecule has 1 aromatic carbocycles. The predicted molar refractivity (Wildman–Crippen MR) is 59.9 cm³/mol. The van der Waals surface area contributed by atoms with Crippen molar-refractivity contribution >= 4 is 0 Å². The van der Waals surface area contributed by atoms with Crippen molar-refractivity contribution in [2.24, 2.45) is 5.73 Å². The Kier molecular flexibility index (Phi) is 3.25. The lowest BCUT2D eigenvalue weighted by molar-refractivity contribution is 0.104. The Labute approximate surface area is 89.9 Å². The molecule has 3 nitrogen and oxygen atoms in total. The van der Waals surface area contributed by atoms with Gasteiger partial charge in [0, 0.05) is 0 Å². The minimum absolute atomic E-state index is 0.341. The maximum atomic E-state index is 5.60. The zero-order chi connectivity index (χ0) is 10.5. The molecule has 0 aromatic heterocycles. The van der Waals surface area contributed by atoms with E-state index < -0.39 is 0 Å². The molecule has 0 radical (unpaired) electrons. The molecule has 0 saturated heterocycles. The van der Waals surface area contributed by atoms with E-state index >= 15 is 0 Å². The van der Waals surface area contributed by atoms with Gasteiger partial charge >= 0.3 is 0 Å². The first-order valence-electron chi connectivity index (χ1n) is 5.18. The van der Waals surface area contributed by atoms with Crippen molar-refractivity contribution in [2.45, 2.75) is 19.1 Å². The van der Waals surface area contributed by atoms with E-state index in [-0.39, 0.29) is 0 Å². The average Bonchev–Trinajstić information content (AvgIpc) is 2.66. The molecule has 0 amide bonds. The number of hydrogen-bond acceptors (Lipinski definition) is 3. The number of benzene rings is 1. The SMILES string of the molecule is NC1=CCC(COCc2ccccc2)N1. The number of nitrogens with one attached hydrogen (secondary N) is 1. The molecule has 15 heavy (non-hydrogen) atoms. The Balaban J connectivity index is 1.68. The Morgan fingerprint density at radius 1 is 1.33 bits per heavy atom. The Morgan fingerprint density at radius 3 is 2.80 bits per heavy atom. The van der Waals surface area contributed by atoms with Gasteiger partial charge in [-0.25, -0.2) is 0 Å². The molecule has 1 unspecified atom stereocenters. The minimum atomic E-state index is 0.341. The van der Waals surface area contributed by atoms with Crippen molar-refractivity contribution in [1.82, 2.24) is 5.32 Å². The van der Waals surface area contributed by atoms with Crippen molar-refractivity contribution in [3.63, 3.8) is 0 Å². The summed E-state index contributed by atoms with van der Waals surface area (Å²) in [6, 6.07) is 10.5. The summed E-state index contributed by atoms with van der Waals surface area (Å²) in [6.07, 6.45) is 2.96. The van der Waals surface area contributed by atoms with E-state index in [4.69, 9.17) is 10.5 Å². The average molecular weight is 204 g/mol. The smallest absolute Gasteiger partial charge is 0.0922 e. The molecule has 1 aliphatic heterocycles. The van der Waals surface area contributed by atoms with Crippen LogP contribution in [-0.4, -0.2) is 12.6 Å². The molecule has 2 rings (SSSR count). The largest absolute Gasteiger partial charge is 0.386 e. The topological polar surface area (TPSA) is 47.3 Å². The van der Waals surface area contributed by atoms with Gasteiger partial charge in [-0.3, -0.25) is 0 Å². The molecule has 3 heteroatoms. The molecule has 0 spiro atoms. The Bertz CT molecular complexity index is 335. The second-order valence-corrected chi connectivity index (χ2v) is 3.74. The van der Waals surface area contributed by atoms with Gasteiger partial charge in [-0.1, -0.05) is 30.3 Å². The van der Waals surface area contributed by atoms with Crippen LogP contribution in [0.4, 0.5) is 0 Å². The molecule has 80 valence electrons. The fraction of sp³-hybridized carbons (Fsp3) is 0.333. The number of hydrogen-bond donors (Lipinski definition) is 2. The molecule has 0 fully saturated rings. The highest BCUT2D eigenvalue weighted by molar-refractivity contribution is 5.13. The second-order valence-electron chi connectivity index (χ2n) is 3.74. The third-order valence-electron chi connectivity index (χ3n) is 2.42. The highest BCUT2D eigenvalue weighted by Gasteiger charge is 2.13. The van der Waals surface area contributed by atoms with Gasteiger partial charge in [0.25, 0.3) is 0 Å². The number of rotatable bonds is 4. The highest BCUT2D eigenvalue weighted by atomic mass is 16.5. The fourth-order valence-corrected chi connectivity index (χ4v) is 1.63. The van der Waals surface area contributed by atoms with Crippen LogP contribution in [0.25, 0.3) is 0 Å². The first-order valence-corrected chi connectivity index (χ1v) is 5.18. The second kappa shape index (κ2) is 4.84. The molecule has 1 atom stereocenters. The van der Waals surface area contributed by atoms with Gasteiger partial charge in [-0.05, 0) is 18.1 Å². The van der Waals surface area contributed by atoms with E-state index in [1.807, 2.05) is 24.3 Å². The fourth-order valence-electron chi connectivity index (χ4n) is 1.63. The van der Waals surface area contributed by atoms with Gasteiger partial charge in [0.1, 0.15) is 0 Å². The van der Waals surface area contributed by atoms with Gasteiger partial charge in [0.05, 0.1) is 25.1 Å². The van der Waals surface area contributed by atoms with E-state index in [0.717, 1.165) is 12.2 Å². The summed E-state index contributed by atoms with van der Waals surface area (Å²) in [5, 5.41) is 3.15. The molecule has 1 aliphatic rings. The highest BCUT2D eigenvalue weighted by Crippen LogP contribution is 2.07. The van der Waals surface area contributed by atoms with Crippen molar-refractivity contribution in [3.8, 4) is 0 Å². The third kappa shape index (κ3) is 2.99. The maximum Gasteiger partial charge on any atom is 0.0922 e. The molecule has 1 aromatic rings. The summed E-state index contributed by atoms with van der Waals surface area (Å²) >= 11 is 0. The quantitative estimate of drug-likeness (QED) is 0.778. The van der Waals surface area contributed by atoms with E-state index in [1.165, 1.54) is 5.56 Å². The van der Waals surface area contributed by atoms with Gasteiger partial charge in [0.15, 0.2) is 0 Å². The van der Waals surface area contributed by atoms with E-state index in [1.54, 1.807) is 0 Å². The Morgan fingerprint density at radius 2 is 2.13 bits per heavy atom. The number of ether oxygens (including phenoxy) is 1. The van der Waals surface area contributed by atoms with Gasteiger partial charge in [-0.2, -0.15) is 0 Å². The van der Waals surface area contributed by atoms with Crippen LogP contribution in [-0.2, 0) is 11.3 Å². The lowest BCUT2D eigenvalue weighted by Crippen LogP contribution is -2.30. The maximum absolute atomic E-state index is 5.60. The van der Waals surface area contributed by atoms with Crippen LogP contribution in [0.1, 0.15) is 12.0 Å². The van der Waals surface area contributed by atoms with Crippen molar-refractivity contribution in [1.29, 1.82) is 0 Å². The molecule has 0 bridgehead atoms. The summed E-state index contributed by atoms with van der Waals surface area (Å²) in [4.78, 5) is 0. The normalized spacial score (nSPS) is 19.7. The Hall–Kier alpha value is -1.48. The lowest BCUT2D eigenvalue weighted by atomic mass is 10.2. The van der Waals surface area contributed by atoms with Crippen molar-refractivity contribution in [2.75, 3.05) is 6.61 Å². The summed E-state index contributed by atoms with van der Waals surface area (Å²) < 4.78 is 5.60. The van der Waals surface area contributed by atoms with Crippen molar-refractivity contribution in [3.05, 3.63) is 47.8 Å². The summed E-state index contributed by atoms with van der Waals surface area (Å²) in [5.41, 5.74) is 6.81. The first kappa shape index (κ1) is 10.1. The molecule has 1 heterocycles. The third-order valence-corrected chi connectivity index (χ3v) is 2.42. The van der Waals surface area contributed by atoms with Crippen LogP contribution < -0.4 is 11.1 Å². The first-order chi connectivity index (χ1) is 7.34. The van der Waals surface area contributed by atoms with E-state index in [2.05, 4.69) is 17.4 Å². The van der Waals surface area contributed by atoms with Gasteiger partial charge in [-0.15, -0.1) is 0 Å². The van der Waals surface area contributed by atoms with Crippen LogP contribution >= 0.6 is 0 Å². The zero-order valence-corrected chi connectivity index (χ0v) is 8.65.